The number of esters is 1. The maximum atomic E-state index is 12.8. The fourth-order valence-corrected chi connectivity index (χ4v) is 3.63. The van der Waals surface area contributed by atoms with Crippen molar-refractivity contribution >= 4 is 11.8 Å². The molecule has 1 heterocycles. The Balaban J connectivity index is 1.72. The molecule has 0 unspecified atom stereocenters. The van der Waals surface area contributed by atoms with Gasteiger partial charge in [-0.1, -0.05) is 38.1 Å². The summed E-state index contributed by atoms with van der Waals surface area (Å²) in [6.07, 6.45) is 1.65. The van der Waals surface area contributed by atoms with Gasteiger partial charge in [-0.05, 0) is 42.7 Å². The van der Waals surface area contributed by atoms with Crippen LogP contribution in [0.3, 0.4) is 0 Å². The molecule has 0 amide bonds. The Morgan fingerprint density at radius 3 is 2.50 bits per heavy atom. The van der Waals surface area contributed by atoms with Gasteiger partial charge in [-0.3, -0.25) is 9.59 Å². The number of hydrogen-bond donors (Lipinski definition) is 1. The van der Waals surface area contributed by atoms with E-state index < -0.39 is 0 Å². The number of methoxy groups -OCH3 is 1. The lowest BCUT2D eigenvalue weighted by atomic mass is 9.97. The van der Waals surface area contributed by atoms with E-state index in [0.29, 0.717) is 42.7 Å². The molecule has 0 saturated carbocycles. The smallest absolute Gasteiger partial charge is 0.305 e. The molecule has 1 aromatic heterocycles. The Hall–Kier alpha value is -3.41. The van der Waals surface area contributed by atoms with E-state index in [2.05, 4.69) is 4.98 Å². The van der Waals surface area contributed by atoms with Gasteiger partial charge < -0.3 is 14.3 Å². The van der Waals surface area contributed by atoms with E-state index in [0.717, 1.165) is 22.6 Å². The van der Waals surface area contributed by atoms with Crippen molar-refractivity contribution in [1.82, 2.24) is 4.98 Å². The van der Waals surface area contributed by atoms with Crippen LogP contribution in [0.4, 0.5) is 0 Å². The molecule has 6 nitrogen and oxygen atoms in total. The quantitative estimate of drug-likeness (QED) is 0.357. The van der Waals surface area contributed by atoms with Crippen LogP contribution < -0.4 is 0 Å². The summed E-state index contributed by atoms with van der Waals surface area (Å²) in [6.45, 7) is 5.96. The highest BCUT2D eigenvalue weighted by atomic mass is 16.5. The van der Waals surface area contributed by atoms with Gasteiger partial charge >= 0.3 is 5.97 Å². The van der Waals surface area contributed by atoms with Gasteiger partial charge in [-0.15, -0.1) is 0 Å². The number of para-hydroxylation sites is 1. The van der Waals surface area contributed by atoms with Gasteiger partial charge in [0.15, 0.2) is 5.78 Å². The summed E-state index contributed by atoms with van der Waals surface area (Å²) < 4.78 is 10.6. The number of carbonyl (C=O) groups is 2. The third-order valence-corrected chi connectivity index (χ3v) is 5.47. The predicted molar refractivity (Wildman–Crippen MR) is 122 cm³/mol. The summed E-state index contributed by atoms with van der Waals surface area (Å²) in [5.41, 5.74) is 3.91. The van der Waals surface area contributed by atoms with E-state index in [4.69, 9.17) is 9.15 Å². The van der Waals surface area contributed by atoms with Crippen LogP contribution in [-0.4, -0.2) is 29.0 Å². The first-order chi connectivity index (χ1) is 15.3. The Labute approximate surface area is 188 Å². The predicted octanol–water partition coefficient (Wildman–Crippen LogP) is 5.40. The minimum atomic E-state index is -0.249. The number of benzene rings is 2. The normalized spacial score (nSPS) is 11.0. The molecule has 0 atom stereocenters. The summed E-state index contributed by atoms with van der Waals surface area (Å²) >= 11 is 0. The maximum Gasteiger partial charge on any atom is 0.305 e. The van der Waals surface area contributed by atoms with E-state index >= 15 is 0 Å². The molecular formula is C26H29NO5. The molecule has 168 valence electrons. The first-order valence-corrected chi connectivity index (χ1v) is 10.8. The molecule has 0 aliphatic carbocycles. The van der Waals surface area contributed by atoms with Crippen LogP contribution in [0.15, 0.2) is 46.9 Å². The lowest BCUT2D eigenvalue weighted by Gasteiger charge is -2.08. The molecule has 0 aliphatic heterocycles. The number of Topliss-reactive ketones (excluding diaryl/α,β-unsaturated/α-hetero) is 1. The van der Waals surface area contributed by atoms with E-state index in [-0.39, 0.29) is 23.4 Å². The molecular weight excluding hydrogens is 406 g/mol. The van der Waals surface area contributed by atoms with Crippen molar-refractivity contribution in [2.75, 3.05) is 7.11 Å². The summed E-state index contributed by atoms with van der Waals surface area (Å²) in [6, 6.07) is 12.5. The number of ether oxygens (including phenoxy) is 1. The molecule has 0 saturated heterocycles. The number of aryl methyl sites for hydroxylation is 3. The molecule has 1 N–H and O–H groups in total. The molecule has 0 bridgehead atoms. The Morgan fingerprint density at radius 1 is 1.09 bits per heavy atom. The third-order valence-electron chi connectivity index (χ3n) is 5.47. The number of nitrogens with zero attached hydrogens (tertiary/aromatic N) is 1. The second-order valence-electron chi connectivity index (χ2n) is 8.14. The number of aromatic nitrogens is 1. The van der Waals surface area contributed by atoms with Crippen molar-refractivity contribution in [1.29, 1.82) is 0 Å². The van der Waals surface area contributed by atoms with E-state index in [9.17, 15) is 14.7 Å². The largest absolute Gasteiger partial charge is 0.507 e. The molecule has 0 spiro atoms. The van der Waals surface area contributed by atoms with Crippen LogP contribution in [0.2, 0.25) is 0 Å². The molecule has 0 aliphatic rings. The number of carbonyl (C=O) groups excluding carboxylic acids is 2. The van der Waals surface area contributed by atoms with E-state index in [1.807, 2.05) is 45.0 Å². The summed E-state index contributed by atoms with van der Waals surface area (Å²) in [5.74, 6) is 1.07. The van der Waals surface area contributed by atoms with Crippen LogP contribution >= 0.6 is 0 Å². The minimum Gasteiger partial charge on any atom is -0.507 e. The molecule has 3 rings (SSSR count). The Morgan fingerprint density at radius 2 is 1.84 bits per heavy atom. The average molecular weight is 436 g/mol. The molecule has 2 aromatic carbocycles. The average Bonchev–Trinajstić information content (AvgIpc) is 3.21. The van der Waals surface area contributed by atoms with E-state index in [1.54, 1.807) is 18.2 Å². The van der Waals surface area contributed by atoms with Gasteiger partial charge in [-0.2, -0.15) is 0 Å². The van der Waals surface area contributed by atoms with E-state index in [1.165, 1.54) is 7.11 Å². The maximum absolute atomic E-state index is 12.8. The monoisotopic (exact) mass is 435 g/mol. The van der Waals surface area contributed by atoms with Crippen LogP contribution in [0.25, 0.3) is 11.5 Å². The number of hydrogen-bond acceptors (Lipinski definition) is 6. The number of ketones is 1. The first kappa shape index (κ1) is 23.3. The molecule has 3 aromatic rings. The number of rotatable bonds is 9. The fraction of sp³-hybridized carbons (Fsp3) is 0.346. The third kappa shape index (κ3) is 5.44. The van der Waals surface area contributed by atoms with Gasteiger partial charge in [0.05, 0.1) is 18.4 Å². The van der Waals surface area contributed by atoms with Crippen molar-refractivity contribution < 1.29 is 23.8 Å². The van der Waals surface area contributed by atoms with Crippen LogP contribution in [-0.2, 0) is 22.4 Å². The zero-order chi connectivity index (χ0) is 23.3. The molecule has 0 fully saturated rings. The highest BCUT2D eigenvalue weighted by molar-refractivity contribution is 5.96. The van der Waals surface area contributed by atoms with Crippen LogP contribution in [0.1, 0.15) is 65.5 Å². The lowest BCUT2D eigenvalue weighted by molar-refractivity contribution is -0.140. The van der Waals surface area contributed by atoms with Crippen molar-refractivity contribution in [2.45, 2.75) is 52.4 Å². The topological polar surface area (TPSA) is 89.6 Å². The highest BCUT2D eigenvalue weighted by Gasteiger charge is 2.20. The first-order valence-electron chi connectivity index (χ1n) is 10.8. The zero-order valence-corrected chi connectivity index (χ0v) is 19.0. The van der Waals surface area contributed by atoms with Gasteiger partial charge in [0.25, 0.3) is 0 Å². The van der Waals surface area contributed by atoms with Gasteiger partial charge in [-0.25, -0.2) is 4.98 Å². The standard InChI is InChI=1S/C26H29NO5/c1-16(2)25-21(27-26(32-25)20-7-5-6-8-23(20)29)12-13-22(28)19-10-9-18(17(3)15-19)11-14-24(30)31-4/h5-10,15-16,29H,11-14H2,1-4H3. The van der Waals surface area contributed by atoms with Crippen LogP contribution in [0, 0.1) is 6.92 Å². The molecule has 0 radical (unpaired) electrons. The molecule has 32 heavy (non-hydrogen) atoms. The van der Waals surface area contributed by atoms with Gasteiger partial charge in [0.1, 0.15) is 11.5 Å². The second kappa shape index (κ2) is 10.3. The number of phenolic OH excluding ortho intramolecular Hbond substituents is 1. The Bertz CT molecular complexity index is 1110. The number of aromatic hydroxyl groups is 1. The summed E-state index contributed by atoms with van der Waals surface area (Å²) in [4.78, 5) is 28.8. The molecule has 6 heteroatoms. The minimum absolute atomic E-state index is 0.0226. The van der Waals surface area contributed by atoms with Gasteiger partial charge in [0.2, 0.25) is 5.89 Å². The second-order valence-corrected chi connectivity index (χ2v) is 8.14. The lowest BCUT2D eigenvalue weighted by Crippen LogP contribution is -2.06. The van der Waals surface area contributed by atoms with Crippen molar-refractivity contribution in [2.24, 2.45) is 0 Å². The zero-order valence-electron chi connectivity index (χ0n) is 19.0. The van der Waals surface area contributed by atoms with Gasteiger partial charge in [0, 0.05) is 30.7 Å². The SMILES string of the molecule is COC(=O)CCc1ccc(C(=O)CCc2nc(-c3ccccc3O)oc2C(C)C)cc1C. The fourth-order valence-electron chi connectivity index (χ4n) is 3.63. The summed E-state index contributed by atoms with van der Waals surface area (Å²) in [5, 5.41) is 10.1. The number of oxazole rings is 1. The van der Waals surface area contributed by atoms with Crippen LogP contribution in [0.5, 0.6) is 5.75 Å². The van der Waals surface area contributed by atoms with Crippen molar-refractivity contribution in [3.8, 4) is 17.2 Å². The summed E-state index contributed by atoms with van der Waals surface area (Å²) in [7, 11) is 1.38. The van der Waals surface area contributed by atoms with Crippen molar-refractivity contribution in [3.05, 3.63) is 70.6 Å². The number of phenols is 1. The van der Waals surface area contributed by atoms with Crippen molar-refractivity contribution in [3.63, 3.8) is 0 Å². The Kier molecular flexibility index (Phi) is 7.46. The highest BCUT2D eigenvalue weighted by Crippen LogP contribution is 2.32.